The summed E-state index contributed by atoms with van der Waals surface area (Å²) in [5.41, 5.74) is 5.01. The first-order valence-electron chi connectivity index (χ1n) is 5.65. The lowest BCUT2D eigenvalue weighted by Crippen LogP contribution is -2.44. The summed E-state index contributed by atoms with van der Waals surface area (Å²) in [5.74, 6) is -1.28. The minimum Gasteiger partial charge on any atom is -0.467 e. The molecule has 0 aliphatic carbocycles. The Morgan fingerprint density at radius 2 is 2.10 bits per heavy atom. The highest BCUT2D eigenvalue weighted by Crippen LogP contribution is 2.18. The molecule has 0 spiro atoms. The predicted octanol–water partition coefficient (Wildman–Crippen LogP) is 0.245. The van der Waals surface area contributed by atoms with Crippen LogP contribution < -0.4 is 11.1 Å². The van der Waals surface area contributed by atoms with Gasteiger partial charge in [-0.05, 0) is 12.1 Å². The highest BCUT2D eigenvalue weighted by Gasteiger charge is 2.33. The Hall–Kier alpha value is -2.03. The first-order valence-corrected chi connectivity index (χ1v) is 5.65. The predicted molar refractivity (Wildman–Crippen MR) is 62.2 cm³/mol. The molecule has 0 aliphatic heterocycles. The number of hydrogen-bond donors (Lipinski definition) is 2. The number of amides is 2. The van der Waals surface area contributed by atoms with Gasteiger partial charge >= 0.3 is 6.18 Å². The van der Waals surface area contributed by atoms with E-state index >= 15 is 0 Å². The number of alkyl halides is 3. The van der Waals surface area contributed by atoms with Crippen LogP contribution in [0.3, 0.4) is 0 Å². The van der Waals surface area contributed by atoms with Gasteiger partial charge in [0.2, 0.25) is 11.8 Å². The molecular weight excluding hydrogens is 279 g/mol. The lowest BCUT2D eigenvalue weighted by atomic mass is 10.3. The van der Waals surface area contributed by atoms with E-state index in [0.717, 1.165) is 0 Å². The zero-order valence-electron chi connectivity index (χ0n) is 10.4. The number of rotatable bonds is 6. The van der Waals surface area contributed by atoms with E-state index < -0.39 is 31.1 Å². The maximum atomic E-state index is 12.4. The van der Waals surface area contributed by atoms with Gasteiger partial charge in [0.15, 0.2) is 0 Å². The molecule has 0 bridgehead atoms. The zero-order chi connectivity index (χ0) is 15.2. The van der Waals surface area contributed by atoms with E-state index in [0.29, 0.717) is 4.90 Å². The first-order chi connectivity index (χ1) is 9.31. The molecule has 0 unspecified atom stereocenters. The fourth-order valence-corrected chi connectivity index (χ4v) is 1.40. The number of carbonyl (C=O) groups is 2. The molecule has 0 atom stereocenters. The van der Waals surface area contributed by atoms with E-state index in [1.54, 1.807) is 0 Å². The van der Waals surface area contributed by atoms with Gasteiger partial charge in [-0.25, -0.2) is 0 Å². The van der Waals surface area contributed by atoms with Crippen LogP contribution in [0.15, 0.2) is 22.8 Å². The van der Waals surface area contributed by atoms with Crippen molar-refractivity contribution < 1.29 is 27.2 Å². The number of hydrogen-bond acceptors (Lipinski definition) is 4. The molecule has 0 radical (unpaired) electrons. The minimum atomic E-state index is -4.54. The maximum Gasteiger partial charge on any atom is 0.406 e. The third-order valence-corrected chi connectivity index (χ3v) is 2.27. The van der Waals surface area contributed by atoms with Crippen LogP contribution >= 0.6 is 0 Å². The molecule has 2 amide bonds. The fourth-order valence-electron chi connectivity index (χ4n) is 1.40. The summed E-state index contributed by atoms with van der Waals surface area (Å²) in [5, 5.41) is 2.12. The van der Waals surface area contributed by atoms with E-state index in [1.165, 1.54) is 18.4 Å². The third-order valence-electron chi connectivity index (χ3n) is 2.27. The fraction of sp³-hybridized carbons (Fsp3) is 0.455. The molecule has 3 N–H and O–H groups in total. The van der Waals surface area contributed by atoms with Gasteiger partial charge < -0.3 is 20.4 Å². The molecule has 6 nitrogen and oxygen atoms in total. The number of carbonyl (C=O) groups excluding carboxylic acids is 2. The summed E-state index contributed by atoms with van der Waals surface area (Å²) in [6.45, 7) is -2.65. The van der Waals surface area contributed by atoms with Crippen LogP contribution in [0.1, 0.15) is 5.76 Å². The standard InChI is InChI=1S/C11H14F3N3O3/c12-11(13,14)7-17(6-8-2-1-3-20-8)10(19)5-16-9(18)4-15/h1-3H,4-7,15H2,(H,16,18). The average molecular weight is 293 g/mol. The van der Waals surface area contributed by atoms with E-state index in [4.69, 9.17) is 10.2 Å². The molecule has 1 rings (SSSR count). The van der Waals surface area contributed by atoms with Crippen molar-refractivity contribution in [2.45, 2.75) is 12.7 Å². The van der Waals surface area contributed by atoms with Crippen molar-refractivity contribution in [3.63, 3.8) is 0 Å². The zero-order valence-corrected chi connectivity index (χ0v) is 10.4. The summed E-state index contributed by atoms with van der Waals surface area (Å²) in [6.07, 6.45) is -3.25. The second kappa shape index (κ2) is 6.94. The van der Waals surface area contributed by atoms with Crippen molar-refractivity contribution in [3.05, 3.63) is 24.2 Å². The molecule has 9 heteroatoms. The largest absolute Gasteiger partial charge is 0.467 e. The van der Waals surface area contributed by atoms with E-state index in [2.05, 4.69) is 5.32 Å². The van der Waals surface area contributed by atoms with Crippen molar-refractivity contribution in [2.24, 2.45) is 5.73 Å². The van der Waals surface area contributed by atoms with E-state index in [9.17, 15) is 22.8 Å². The van der Waals surface area contributed by atoms with Crippen LogP contribution in [0.5, 0.6) is 0 Å². The topological polar surface area (TPSA) is 88.6 Å². The summed E-state index contributed by atoms with van der Waals surface area (Å²) >= 11 is 0. The van der Waals surface area contributed by atoms with Crippen LogP contribution in [0.2, 0.25) is 0 Å². The number of halogens is 3. The van der Waals surface area contributed by atoms with Gasteiger partial charge in [0, 0.05) is 0 Å². The Balaban J connectivity index is 2.66. The molecule has 20 heavy (non-hydrogen) atoms. The van der Waals surface area contributed by atoms with Crippen LogP contribution in [0, 0.1) is 0 Å². The molecule has 1 aromatic heterocycles. The molecule has 0 saturated heterocycles. The highest BCUT2D eigenvalue weighted by molar-refractivity contribution is 5.85. The normalized spacial score (nSPS) is 11.2. The van der Waals surface area contributed by atoms with E-state index in [1.807, 2.05) is 0 Å². The first kappa shape index (κ1) is 16.0. The Morgan fingerprint density at radius 1 is 1.40 bits per heavy atom. The van der Waals surface area contributed by atoms with Gasteiger partial charge in [0.05, 0.1) is 25.9 Å². The van der Waals surface area contributed by atoms with Crippen molar-refractivity contribution in [1.29, 1.82) is 0 Å². The van der Waals surface area contributed by atoms with Crippen LogP contribution in [0.4, 0.5) is 13.2 Å². The number of furan rings is 1. The number of nitrogens with one attached hydrogen (secondary N) is 1. The Morgan fingerprint density at radius 3 is 2.60 bits per heavy atom. The molecule has 0 aromatic carbocycles. The summed E-state index contributed by atoms with van der Waals surface area (Å²) < 4.78 is 42.2. The monoisotopic (exact) mass is 293 g/mol. The van der Waals surface area contributed by atoms with Gasteiger partial charge in [0.25, 0.3) is 0 Å². The van der Waals surface area contributed by atoms with Gasteiger partial charge in [-0.3, -0.25) is 9.59 Å². The Bertz CT molecular complexity index is 446. The molecule has 1 aromatic rings. The third kappa shape index (κ3) is 5.74. The van der Waals surface area contributed by atoms with Crippen LogP contribution in [-0.2, 0) is 16.1 Å². The van der Waals surface area contributed by atoms with Crippen molar-refractivity contribution in [1.82, 2.24) is 10.2 Å². The molecule has 0 fully saturated rings. The number of nitrogens with two attached hydrogens (primary N) is 1. The molecule has 0 saturated carbocycles. The van der Waals surface area contributed by atoms with Gasteiger partial charge in [-0.1, -0.05) is 0 Å². The lowest BCUT2D eigenvalue weighted by molar-refractivity contribution is -0.162. The summed E-state index contributed by atoms with van der Waals surface area (Å²) in [4.78, 5) is 23.1. The van der Waals surface area contributed by atoms with E-state index in [-0.39, 0.29) is 18.8 Å². The Labute approximate surface area is 112 Å². The van der Waals surface area contributed by atoms with Gasteiger partial charge in [-0.2, -0.15) is 13.2 Å². The molecule has 112 valence electrons. The average Bonchev–Trinajstić information content (AvgIpc) is 2.85. The van der Waals surface area contributed by atoms with Crippen LogP contribution in [0.25, 0.3) is 0 Å². The number of nitrogens with zero attached hydrogens (tertiary/aromatic N) is 1. The van der Waals surface area contributed by atoms with Crippen molar-refractivity contribution in [3.8, 4) is 0 Å². The second-order valence-electron chi connectivity index (χ2n) is 3.93. The molecular formula is C11H14F3N3O3. The van der Waals surface area contributed by atoms with Crippen molar-refractivity contribution >= 4 is 11.8 Å². The maximum absolute atomic E-state index is 12.4. The Kier molecular flexibility index (Phi) is 5.56. The van der Waals surface area contributed by atoms with Gasteiger partial charge in [0.1, 0.15) is 12.3 Å². The second-order valence-corrected chi connectivity index (χ2v) is 3.93. The van der Waals surface area contributed by atoms with Crippen LogP contribution in [-0.4, -0.2) is 42.5 Å². The summed E-state index contributed by atoms with van der Waals surface area (Å²) in [7, 11) is 0. The molecule has 1 heterocycles. The SMILES string of the molecule is NCC(=O)NCC(=O)N(Cc1ccco1)CC(F)(F)F. The molecule has 0 aliphatic rings. The minimum absolute atomic E-state index is 0.216. The smallest absolute Gasteiger partial charge is 0.406 e. The van der Waals surface area contributed by atoms with Crippen molar-refractivity contribution in [2.75, 3.05) is 19.6 Å². The lowest BCUT2D eigenvalue weighted by Gasteiger charge is -2.23. The summed E-state index contributed by atoms with van der Waals surface area (Å²) in [6, 6.07) is 2.96. The van der Waals surface area contributed by atoms with Gasteiger partial charge in [-0.15, -0.1) is 0 Å². The highest BCUT2D eigenvalue weighted by atomic mass is 19.4. The quantitative estimate of drug-likeness (QED) is 0.786.